The van der Waals surface area contributed by atoms with Gasteiger partial charge in [-0.2, -0.15) is 0 Å². The highest BCUT2D eigenvalue weighted by molar-refractivity contribution is 6.46. The molecule has 8 nitrogen and oxygen atoms in total. The van der Waals surface area contributed by atoms with Crippen LogP contribution in [0.2, 0.25) is 0 Å². The standard InChI is InChI=1S/C32H36N2O6/c1-5-39-27-19-23(12-15-26(27)35)29-28(31(37)32(38)34(29)17-9-16-33(3)4)30(36)25-14-13-24(18-21(25)2)40-20-22-10-7-6-8-11-22/h6-8,10-15,18-19,29,35-36H,5,9,16-17,20H2,1-4H3/b30-28+. The second kappa shape index (κ2) is 12.7. The number of phenolic OH excluding ortho intramolecular Hbond substituents is 1. The first kappa shape index (κ1) is 28.7. The molecule has 40 heavy (non-hydrogen) atoms. The summed E-state index contributed by atoms with van der Waals surface area (Å²) in [6.45, 7) is 5.38. The lowest BCUT2D eigenvalue weighted by Gasteiger charge is -2.28. The number of hydrogen-bond donors (Lipinski definition) is 2. The monoisotopic (exact) mass is 544 g/mol. The number of aryl methyl sites for hydroxylation is 1. The molecule has 1 atom stereocenters. The summed E-state index contributed by atoms with van der Waals surface area (Å²) in [4.78, 5) is 29.3. The van der Waals surface area contributed by atoms with E-state index in [4.69, 9.17) is 9.47 Å². The highest BCUT2D eigenvalue weighted by Crippen LogP contribution is 2.41. The Kier molecular flexibility index (Phi) is 9.11. The number of nitrogens with zero attached hydrogens (tertiary/aromatic N) is 1. The maximum absolute atomic E-state index is 13.9. The summed E-state index contributed by atoms with van der Waals surface area (Å²) in [7, 11) is 4.03. The Balaban J connectivity index is 1.72. The molecule has 0 bridgehead atoms. The van der Waals surface area contributed by atoms with E-state index in [1.165, 1.54) is 15.9 Å². The number of phenols is 1. The van der Waals surface area contributed by atoms with E-state index in [1.54, 1.807) is 44.2 Å². The summed E-state index contributed by atoms with van der Waals surface area (Å²) in [5.41, 5.74) is 2.41. The molecular weight excluding hydrogens is 508 g/mol. The van der Waals surface area contributed by atoms with Crippen molar-refractivity contribution in [1.29, 1.82) is 0 Å². The third-order valence-electron chi connectivity index (χ3n) is 6.90. The predicted molar refractivity (Wildman–Crippen MR) is 150 cm³/mol. The molecule has 1 fully saturated rings. The molecule has 1 amide bonds. The molecule has 4 rings (SSSR count). The zero-order chi connectivity index (χ0) is 28.8. The van der Waals surface area contributed by atoms with Gasteiger partial charge in [0.05, 0.1) is 33.3 Å². The minimum Gasteiger partial charge on any atom is -0.872 e. The summed E-state index contributed by atoms with van der Waals surface area (Å²) >= 11 is 0. The number of aromatic hydroxyl groups is 1. The van der Waals surface area contributed by atoms with Gasteiger partial charge in [0.25, 0.3) is 5.91 Å². The van der Waals surface area contributed by atoms with Crippen LogP contribution in [-0.2, 0) is 16.2 Å². The second-order valence-electron chi connectivity index (χ2n) is 10.2. The molecule has 0 aromatic heterocycles. The highest BCUT2D eigenvalue weighted by Gasteiger charge is 2.44. The van der Waals surface area contributed by atoms with Gasteiger partial charge in [-0.05, 0) is 60.4 Å². The van der Waals surface area contributed by atoms with Crippen LogP contribution in [0.15, 0.2) is 72.3 Å². The van der Waals surface area contributed by atoms with Crippen LogP contribution < -0.4 is 19.5 Å². The zero-order valence-electron chi connectivity index (χ0n) is 23.4. The first-order chi connectivity index (χ1) is 19.2. The fraction of sp³-hybridized carbons (Fsp3) is 0.312. The number of amides is 1. The number of ketones is 1. The fourth-order valence-corrected chi connectivity index (χ4v) is 4.89. The van der Waals surface area contributed by atoms with Gasteiger partial charge in [0.1, 0.15) is 12.4 Å². The van der Waals surface area contributed by atoms with E-state index >= 15 is 0 Å². The number of ether oxygens (including phenoxy) is 2. The first-order valence-corrected chi connectivity index (χ1v) is 13.5. The number of Topliss-reactive ketones (excluding diaryl/α,β-unsaturated/α-hetero) is 1. The van der Waals surface area contributed by atoms with E-state index in [1.807, 2.05) is 44.4 Å². The molecular formula is C32H36N2O6. The number of likely N-dealkylation sites (tertiary alicyclic amines) is 1. The Morgan fingerprint density at radius 1 is 1.02 bits per heavy atom. The zero-order valence-corrected chi connectivity index (χ0v) is 23.4. The van der Waals surface area contributed by atoms with Crippen molar-refractivity contribution in [2.45, 2.75) is 32.9 Å². The molecule has 1 saturated heterocycles. The summed E-state index contributed by atoms with van der Waals surface area (Å²) in [5.74, 6) is -1.23. The molecule has 1 aliphatic heterocycles. The maximum Gasteiger partial charge on any atom is 0.295 e. The molecule has 1 unspecified atom stereocenters. The smallest absolute Gasteiger partial charge is 0.295 e. The van der Waals surface area contributed by atoms with Crippen LogP contribution in [0.3, 0.4) is 0 Å². The number of hydrogen-bond acceptors (Lipinski definition) is 6. The van der Waals surface area contributed by atoms with Crippen molar-refractivity contribution in [3.05, 3.63) is 94.6 Å². The molecule has 2 N–H and O–H groups in total. The van der Waals surface area contributed by atoms with E-state index in [-0.39, 0.29) is 17.1 Å². The van der Waals surface area contributed by atoms with Gasteiger partial charge in [-0.15, -0.1) is 0 Å². The molecule has 0 saturated carbocycles. The molecule has 1 heterocycles. The van der Waals surface area contributed by atoms with Crippen molar-refractivity contribution in [3.63, 3.8) is 0 Å². The fourth-order valence-electron chi connectivity index (χ4n) is 4.89. The van der Waals surface area contributed by atoms with Gasteiger partial charge in [0.2, 0.25) is 5.78 Å². The lowest BCUT2D eigenvalue weighted by molar-refractivity contribution is -0.858. The second-order valence-corrected chi connectivity index (χ2v) is 10.2. The van der Waals surface area contributed by atoms with Crippen LogP contribution in [0.1, 0.15) is 41.6 Å². The highest BCUT2D eigenvalue weighted by atomic mass is 16.5. The lowest BCUT2D eigenvalue weighted by atomic mass is 9.93. The van der Waals surface area contributed by atoms with Gasteiger partial charge in [-0.1, -0.05) is 48.2 Å². The molecule has 210 valence electrons. The molecule has 3 aromatic carbocycles. The quantitative estimate of drug-likeness (QED) is 0.218. The minimum atomic E-state index is -0.891. The SMILES string of the molecule is CCOc1cc(C2/C(=C(\[O-])c3ccc(OCc4ccccc4)cc3C)C(=O)C(=O)N2CCC[NH+](C)C)ccc1O. The number of carbonyl (C=O) groups excluding carboxylic acids is 2. The lowest BCUT2D eigenvalue weighted by Crippen LogP contribution is -3.05. The first-order valence-electron chi connectivity index (χ1n) is 13.5. The Labute approximate surface area is 235 Å². The Bertz CT molecular complexity index is 1400. The third-order valence-corrected chi connectivity index (χ3v) is 6.90. The van der Waals surface area contributed by atoms with Crippen molar-refractivity contribution in [1.82, 2.24) is 4.90 Å². The summed E-state index contributed by atoms with van der Waals surface area (Å²) in [5, 5.41) is 24.2. The number of carbonyl (C=O) groups is 2. The van der Waals surface area contributed by atoms with E-state index in [0.717, 1.165) is 12.1 Å². The summed E-state index contributed by atoms with van der Waals surface area (Å²) in [6.07, 6.45) is 0.655. The number of benzene rings is 3. The van der Waals surface area contributed by atoms with Gasteiger partial charge in [0, 0.05) is 18.5 Å². The van der Waals surface area contributed by atoms with Crippen molar-refractivity contribution in [3.8, 4) is 17.2 Å². The number of rotatable bonds is 11. The molecule has 0 radical (unpaired) electrons. The van der Waals surface area contributed by atoms with Gasteiger partial charge in [-0.25, -0.2) is 0 Å². The molecule has 8 heteroatoms. The van der Waals surface area contributed by atoms with Gasteiger partial charge in [0.15, 0.2) is 11.5 Å². The van der Waals surface area contributed by atoms with E-state index in [0.29, 0.717) is 48.6 Å². The van der Waals surface area contributed by atoms with Crippen LogP contribution in [-0.4, -0.2) is 55.5 Å². The molecule has 0 aliphatic carbocycles. The van der Waals surface area contributed by atoms with Crippen LogP contribution in [0.25, 0.3) is 5.76 Å². The third kappa shape index (κ3) is 6.29. The van der Waals surface area contributed by atoms with Crippen molar-refractivity contribution in [2.75, 3.05) is 33.8 Å². The van der Waals surface area contributed by atoms with Crippen molar-refractivity contribution >= 4 is 17.4 Å². The molecule has 3 aromatic rings. The summed E-state index contributed by atoms with van der Waals surface area (Å²) in [6, 6.07) is 18.6. The normalized spacial score (nSPS) is 16.5. The Morgan fingerprint density at radius 3 is 2.45 bits per heavy atom. The number of nitrogens with one attached hydrogen (secondary N) is 1. The van der Waals surface area contributed by atoms with Gasteiger partial charge < -0.3 is 29.5 Å². The average molecular weight is 545 g/mol. The Morgan fingerprint density at radius 2 is 1.77 bits per heavy atom. The number of quaternary nitrogens is 1. The largest absolute Gasteiger partial charge is 0.872 e. The van der Waals surface area contributed by atoms with E-state index in [2.05, 4.69) is 0 Å². The maximum atomic E-state index is 13.9. The molecule has 1 aliphatic rings. The van der Waals surface area contributed by atoms with E-state index < -0.39 is 23.5 Å². The van der Waals surface area contributed by atoms with Crippen LogP contribution >= 0.6 is 0 Å². The van der Waals surface area contributed by atoms with Crippen molar-refractivity contribution < 1.29 is 34.2 Å². The van der Waals surface area contributed by atoms with Crippen molar-refractivity contribution in [2.24, 2.45) is 0 Å². The predicted octanol–water partition coefficient (Wildman–Crippen LogP) is 2.44. The van der Waals surface area contributed by atoms with E-state index in [9.17, 15) is 19.8 Å². The van der Waals surface area contributed by atoms with Gasteiger partial charge >= 0.3 is 0 Å². The average Bonchev–Trinajstić information content (AvgIpc) is 3.18. The Hall–Kier alpha value is -4.30. The van der Waals surface area contributed by atoms with Gasteiger partial charge in [-0.3, -0.25) is 9.59 Å². The van der Waals surface area contributed by atoms with Crippen LogP contribution in [0, 0.1) is 6.92 Å². The minimum absolute atomic E-state index is 0.0566. The summed E-state index contributed by atoms with van der Waals surface area (Å²) < 4.78 is 11.5. The van der Waals surface area contributed by atoms with Crippen LogP contribution in [0.5, 0.6) is 17.2 Å². The topological polar surface area (TPSA) is 104 Å². The van der Waals surface area contributed by atoms with Crippen LogP contribution in [0.4, 0.5) is 0 Å². The molecule has 0 spiro atoms.